The molecule has 0 saturated carbocycles. The van der Waals surface area contributed by atoms with Gasteiger partial charge in [-0.05, 0) is 24.6 Å². The Balaban J connectivity index is 2.01. The molecule has 158 valence electrons. The Morgan fingerprint density at radius 1 is 1.00 bits per heavy atom. The van der Waals surface area contributed by atoms with E-state index in [1.807, 2.05) is 55.5 Å². The highest BCUT2D eigenvalue weighted by Crippen LogP contribution is 2.47. The summed E-state index contributed by atoms with van der Waals surface area (Å²) in [4.78, 5) is 25.2. The van der Waals surface area contributed by atoms with Gasteiger partial charge in [0.2, 0.25) is 0 Å². The van der Waals surface area contributed by atoms with Gasteiger partial charge < -0.3 is 5.11 Å². The van der Waals surface area contributed by atoms with Gasteiger partial charge in [0.05, 0.1) is 19.4 Å². The number of benzene rings is 3. The van der Waals surface area contributed by atoms with Crippen LogP contribution in [0.3, 0.4) is 0 Å². The fraction of sp³-hybridized carbons (Fsp3) is 0.231. The van der Waals surface area contributed by atoms with Crippen molar-refractivity contribution in [3.63, 3.8) is 0 Å². The molecule has 5 heteroatoms. The van der Waals surface area contributed by atoms with E-state index < -0.39 is 5.97 Å². The molecule has 1 aliphatic rings. The van der Waals surface area contributed by atoms with Crippen molar-refractivity contribution in [3.8, 4) is 0 Å². The number of hydrogen-bond acceptors (Lipinski definition) is 2. The summed E-state index contributed by atoms with van der Waals surface area (Å²) in [5.41, 5.74) is 5.17. The number of nitrogens with zero attached hydrogens (tertiary/aromatic N) is 1. The van der Waals surface area contributed by atoms with Crippen LogP contribution in [-0.2, 0) is 16.0 Å². The van der Waals surface area contributed by atoms with Crippen LogP contribution in [0, 0.1) is 6.92 Å². The minimum absolute atomic E-state index is 0.00653. The maximum Gasteiger partial charge on any atom is 0.320 e. The van der Waals surface area contributed by atoms with Gasteiger partial charge in [0, 0.05) is 23.6 Å². The van der Waals surface area contributed by atoms with Gasteiger partial charge in [-0.1, -0.05) is 71.8 Å². The van der Waals surface area contributed by atoms with Crippen LogP contribution in [0.15, 0.2) is 72.8 Å². The molecule has 0 radical (unpaired) electrons. The third-order valence-corrected chi connectivity index (χ3v) is 6.49. The normalized spacial score (nSPS) is 20.1. The van der Waals surface area contributed by atoms with E-state index in [4.69, 9.17) is 11.6 Å². The Labute approximate surface area is 187 Å². The molecular weight excluding hydrogens is 410 g/mol. The van der Waals surface area contributed by atoms with Gasteiger partial charge in [-0.15, -0.1) is 0 Å². The summed E-state index contributed by atoms with van der Waals surface area (Å²) in [5, 5.41) is 9.78. The van der Waals surface area contributed by atoms with Crippen LogP contribution in [0.5, 0.6) is 0 Å². The first-order chi connectivity index (χ1) is 14.9. The Hall–Kier alpha value is -2.95. The van der Waals surface area contributed by atoms with Gasteiger partial charge in [-0.3, -0.25) is 4.79 Å². The van der Waals surface area contributed by atoms with Gasteiger partial charge in [0.25, 0.3) is 0 Å². The molecule has 1 aliphatic heterocycles. The van der Waals surface area contributed by atoms with E-state index in [0.717, 1.165) is 22.4 Å². The maximum absolute atomic E-state index is 13.9. The summed E-state index contributed by atoms with van der Waals surface area (Å²) in [7, 11) is 0. The van der Waals surface area contributed by atoms with Crippen LogP contribution in [0.1, 0.15) is 41.1 Å². The zero-order valence-electron chi connectivity index (χ0n) is 17.4. The van der Waals surface area contributed by atoms with Crippen molar-refractivity contribution in [1.82, 2.24) is 4.48 Å². The SMILES string of the molecule is Cc1ccc2c(c1)C(c1ccccc1)[N+](C(=O)CCC(=O)O)(c1ccccc1Cl)CC2. The summed E-state index contributed by atoms with van der Waals surface area (Å²) in [5.74, 6) is -1.10. The van der Waals surface area contributed by atoms with Gasteiger partial charge in [-0.2, -0.15) is 0 Å². The van der Waals surface area contributed by atoms with Crippen LogP contribution in [0.2, 0.25) is 5.02 Å². The predicted octanol–water partition coefficient (Wildman–Crippen LogP) is 5.69. The van der Waals surface area contributed by atoms with E-state index >= 15 is 0 Å². The van der Waals surface area contributed by atoms with Crippen molar-refractivity contribution >= 4 is 29.2 Å². The van der Waals surface area contributed by atoms with Crippen LogP contribution < -0.4 is 4.48 Å². The molecule has 1 heterocycles. The quantitative estimate of drug-likeness (QED) is 0.524. The number of halogens is 1. The van der Waals surface area contributed by atoms with Gasteiger partial charge in [0.1, 0.15) is 5.02 Å². The van der Waals surface area contributed by atoms with Crippen molar-refractivity contribution in [3.05, 3.63) is 100 Å². The van der Waals surface area contributed by atoms with E-state index in [1.54, 1.807) is 6.07 Å². The number of aliphatic carboxylic acids is 1. The van der Waals surface area contributed by atoms with Crippen molar-refractivity contribution in [2.75, 3.05) is 6.54 Å². The highest BCUT2D eigenvalue weighted by Gasteiger charge is 2.51. The molecular formula is C26H25ClNO3+. The molecule has 0 spiro atoms. The molecule has 1 N–H and O–H groups in total. The predicted molar refractivity (Wildman–Crippen MR) is 123 cm³/mol. The molecule has 31 heavy (non-hydrogen) atoms. The second kappa shape index (κ2) is 8.66. The van der Waals surface area contributed by atoms with E-state index in [1.165, 1.54) is 5.56 Å². The second-order valence-electron chi connectivity index (χ2n) is 8.10. The Morgan fingerprint density at radius 3 is 2.42 bits per heavy atom. The zero-order valence-corrected chi connectivity index (χ0v) is 18.2. The van der Waals surface area contributed by atoms with Crippen LogP contribution in [-0.4, -0.2) is 23.5 Å². The third-order valence-electron chi connectivity index (χ3n) is 6.17. The molecule has 1 amide bonds. The molecule has 0 aliphatic carbocycles. The standard InChI is InChI=1S/C26H24ClNO3/c1-18-11-12-19-15-16-28(24(29)13-14-25(30)31,23-10-6-5-9-22(23)27)26(21(19)17-18)20-7-3-2-4-8-20/h2-12,17,26H,13-16H2,1H3/p+1. The minimum atomic E-state index is -0.977. The summed E-state index contributed by atoms with van der Waals surface area (Å²) >= 11 is 6.68. The fourth-order valence-corrected chi connectivity index (χ4v) is 5.07. The number of fused-ring (bicyclic) bond motifs is 1. The van der Waals surface area contributed by atoms with Crippen molar-refractivity contribution < 1.29 is 14.7 Å². The van der Waals surface area contributed by atoms with Gasteiger partial charge in [-0.25, -0.2) is 9.28 Å². The lowest BCUT2D eigenvalue weighted by Gasteiger charge is -2.46. The van der Waals surface area contributed by atoms with E-state index in [9.17, 15) is 14.7 Å². The highest BCUT2D eigenvalue weighted by atomic mass is 35.5. The summed E-state index contributed by atoms with van der Waals surface area (Å²) in [6.07, 6.45) is 0.458. The number of para-hydroxylation sites is 1. The largest absolute Gasteiger partial charge is 0.481 e. The average Bonchev–Trinajstić information content (AvgIpc) is 2.77. The highest BCUT2D eigenvalue weighted by molar-refractivity contribution is 6.33. The summed E-state index contributed by atoms with van der Waals surface area (Å²) < 4.78 is -0.00653. The molecule has 0 aromatic heterocycles. The lowest BCUT2D eigenvalue weighted by Crippen LogP contribution is -2.60. The molecule has 0 fully saturated rings. The first kappa shape index (κ1) is 21.3. The molecule has 3 aromatic carbocycles. The lowest BCUT2D eigenvalue weighted by atomic mass is 9.83. The van der Waals surface area contributed by atoms with E-state index in [-0.39, 0.29) is 29.3 Å². The van der Waals surface area contributed by atoms with Crippen molar-refractivity contribution in [2.24, 2.45) is 0 Å². The molecule has 3 aromatic rings. The van der Waals surface area contributed by atoms with E-state index in [2.05, 4.69) is 18.2 Å². The van der Waals surface area contributed by atoms with Crippen LogP contribution in [0.4, 0.5) is 5.69 Å². The number of hydrogen-bond donors (Lipinski definition) is 1. The number of amides is 1. The van der Waals surface area contributed by atoms with Crippen LogP contribution in [0.25, 0.3) is 0 Å². The number of carbonyl (C=O) groups is 2. The van der Waals surface area contributed by atoms with Crippen molar-refractivity contribution in [2.45, 2.75) is 32.2 Å². The summed E-state index contributed by atoms with van der Waals surface area (Å²) in [6, 6.07) is 23.5. The smallest absolute Gasteiger partial charge is 0.320 e. The Kier molecular flexibility index (Phi) is 5.94. The second-order valence-corrected chi connectivity index (χ2v) is 8.50. The number of carbonyl (C=O) groups excluding carboxylic acids is 1. The first-order valence-corrected chi connectivity index (χ1v) is 10.8. The topological polar surface area (TPSA) is 54.4 Å². The molecule has 4 rings (SSSR count). The third kappa shape index (κ3) is 3.89. The average molecular weight is 435 g/mol. The molecule has 2 atom stereocenters. The maximum atomic E-state index is 13.9. The molecule has 0 saturated heterocycles. The monoisotopic (exact) mass is 434 g/mol. The number of aryl methyl sites for hydroxylation is 1. The van der Waals surface area contributed by atoms with E-state index in [0.29, 0.717) is 18.0 Å². The summed E-state index contributed by atoms with van der Waals surface area (Å²) in [6.45, 7) is 2.57. The molecule has 4 nitrogen and oxygen atoms in total. The zero-order chi connectivity index (χ0) is 22.0. The number of quaternary nitrogens is 1. The van der Waals surface area contributed by atoms with Crippen LogP contribution >= 0.6 is 11.6 Å². The Bertz CT molecular complexity index is 1130. The number of carboxylic acid groups (broad SMARTS) is 1. The van der Waals surface area contributed by atoms with Crippen molar-refractivity contribution in [1.29, 1.82) is 0 Å². The first-order valence-electron chi connectivity index (χ1n) is 10.5. The van der Waals surface area contributed by atoms with Gasteiger partial charge in [0.15, 0.2) is 11.7 Å². The fourth-order valence-electron chi connectivity index (χ4n) is 4.78. The number of rotatable bonds is 5. The van der Waals surface area contributed by atoms with Gasteiger partial charge >= 0.3 is 11.9 Å². The Morgan fingerprint density at radius 2 is 1.71 bits per heavy atom. The number of carboxylic acids is 1. The lowest BCUT2D eigenvalue weighted by molar-refractivity contribution is -0.141. The minimum Gasteiger partial charge on any atom is -0.481 e. The molecule has 2 unspecified atom stereocenters. The molecule has 0 bridgehead atoms.